The first-order chi connectivity index (χ1) is 28.2. The number of rotatable bonds is 7. The monoisotopic (exact) mass is 761 g/mol. The molecule has 0 aliphatic carbocycles. The van der Waals surface area contributed by atoms with E-state index in [1.807, 2.05) is 22.7 Å². The zero-order valence-electron chi connectivity index (χ0n) is 31.0. The topological polar surface area (TPSA) is 3.24 Å². The van der Waals surface area contributed by atoms with Crippen molar-refractivity contribution in [3.63, 3.8) is 0 Å². The molecule has 0 fully saturated rings. The van der Waals surface area contributed by atoms with Crippen LogP contribution in [0.15, 0.2) is 212 Å². The summed E-state index contributed by atoms with van der Waals surface area (Å²) in [6.45, 7) is 0. The predicted octanol–water partition coefficient (Wildman–Crippen LogP) is 16.6. The number of hydrogen-bond donors (Lipinski definition) is 0. The minimum atomic E-state index is 1.11. The van der Waals surface area contributed by atoms with E-state index in [0.717, 1.165) is 11.4 Å². The summed E-state index contributed by atoms with van der Waals surface area (Å²) in [4.78, 5) is 2.48. The van der Waals surface area contributed by atoms with E-state index in [4.69, 9.17) is 0 Å². The quantitative estimate of drug-likeness (QED) is 0.156. The van der Waals surface area contributed by atoms with E-state index >= 15 is 0 Å². The normalized spacial score (nSPS) is 11.5. The number of thiophene rings is 2. The Labute approximate surface area is 340 Å². The van der Waals surface area contributed by atoms with Crippen molar-refractivity contribution in [3.8, 4) is 44.5 Å². The highest BCUT2D eigenvalue weighted by Gasteiger charge is 2.23. The van der Waals surface area contributed by atoms with Crippen LogP contribution in [0.4, 0.5) is 17.1 Å². The van der Waals surface area contributed by atoms with Crippen molar-refractivity contribution in [1.29, 1.82) is 0 Å². The van der Waals surface area contributed by atoms with Crippen molar-refractivity contribution in [2.45, 2.75) is 0 Å². The van der Waals surface area contributed by atoms with Gasteiger partial charge in [0.25, 0.3) is 0 Å². The molecule has 3 heteroatoms. The molecule has 0 radical (unpaired) electrons. The maximum absolute atomic E-state index is 2.48. The van der Waals surface area contributed by atoms with Gasteiger partial charge in [0, 0.05) is 52.6 Å². The molecule has 0 amide bonds. The molecule has 0 unspecified atom stereocenters. The number of anilines is 3. The largest absolute Gasteiger partial charge is 0.308 e. The third-order valence-corrected chi connectivity index (χ3v) is 13.4. The summed E-state index contributed by atoms with van der Waals surface area (Å²) in [5.74, 6) is 0. The summed E-state index contributed by atoms with van der Waals surface area (Å²) in [6, 6.07) is 77.6. The lowest BCUT2D eigenvalue weighted by molar-refractivity contribution is 1.30. The first-order valence-electron chi connectivity index (χ1n) is 19.3. The lowest BCUT2D eigenvalue weighted by Crippen LogP contribution is -2.11. The summed E-state index contributed by atoms with van der Waals surface area (Å²) >= 11 is 3.74. The van der Waals surface area contributed by atoms with Crippen LogP contribution < -0.4 is 4.90 Å². The third-order valence-electron chi connectivity index (χ3n) is 11.1. The number of hydrogen-bond acceptors (Lipinski definition) is 3. The molecule has 0 saturated carbocycles. The highest BCUT2D eigenvalue weighted by atomic mass is 32.1. The van der Waals surface area contributed by atoms with Crippen LogP contribution in [0.2, 0.25) is 0 Å². The average Bonchev–Trinajstić information content (AvgIpc) is 3.86. The van der Waals surface area contributed by atoms with Crippen LogP contribution in [0.25, 0.3) is 84.9 Å². The predicted molar refractivity (Wildman–Crippen MR) is 249 cm³/mol. The summed E-state index contributed by atoms with van der Waals surface area (Å²) in [7, 11) is 0. The summed E-state index contributed by atoms with van der Waals surface area (Å²) in [6.07, 6.45) is 0. The minimum Gasteiger partial charge on any atom is -0.308 e. The Kier molecular flexibility index (Phi) is 8.28. The smallest absolute Gasteiger partial charge is 0.0718 e. The lowest BCUT2D eigenvalue weighted by atomic mass is 9.97. The van der Waals surface area contributed by atoms with E-state index in [1.165, 1.54) is 90.5 Å². The van der Waals surface area contributed by atoms with Crippen molar-refractivity contribution in [2.24, 2.45) is 0 Å². The van der Waals surface area contributed by atoms with E-state index < -0.39 is 0 Å². The Morgan fingerprint density at radius 2 is 0.737 bits per heavy atom. The van der Waals surface area contributed by atoms with Crippen LogP contribution in [0.5, 0.6) is 0 Å². The van der Waals surface area contributed by atoms with Crippen LogP contribution in [0, 0.1) is 0 Å². The van der Waals surface area contributed by atoms with Gasteiger partial charge in [0.15, 0.2) is 0 Å². The second kappa shape index (κ2) is 14.1. The molecule has 0 N–H and O–H groups in total. The molecule has 1 nitrogen and oxygen atoms in total. The fraction of sp³-hybridized carbons (Fsp3) is 0. The van der Waals surface area contributed by atoms with E-state index in [2.05, 4.69) is 217 Å². The summed E-state index contributed by atoms with van der Waals surface area (Å²) < 4.78 is 5.21. The second-order valence-corrected chi connectivity index (χ2v) is 16.6. The Balaban J connectivity index is 1.08. The minimum absolute atomic E-state index is 1.11. The van der Waals surface area contributed by atoms with Crippen molar-refractivity contribution >= 4 is 80.1 Å². The van der Waals surface area contributed by atoms with E-state index in [0.29, 0.717) is 0 Å². The molecule has 9 aromatic carbocycles. The van der Waals surface area contributed by atoms with Crippen molar-refractivity contribution in [2.75, 3.05) is 4.90 Å². The first-order valence-corrected chi connectivity index (χ1v) is 21.0. The number of fused-ring (bicyclic) bond motifs is 6. The molecule has 0 aliphatic heterocycles. The molecule has 11 aromatic rings. The number of benzene rings is 9. The fourth-order valence-electron chi connectivity index (χ4n) is 8.27. The van der Waals surface area contributed by atoms with Gasteiger partial charge in [0.2, 0.25) is 0 Å². The molecule has 0 spiro atoms. The Morgan fingerprint density at radius 1 is 0.281 bits per heavy atom. The van der Waals surface area contributed by atoms with E-state index in [-0.39, 0.29) is 0 Å². The maximum Gasteiger partial charge on any atom is 0.0718 e. The standard InChI is InChI=1S/C54H35NS2/c1-3-12-36(13-4-1)40-16-11-17-41(34-40)37-22-27-43(28-23-37)55(44-29-24-38(25-30-44)42-26-31-48-46-18-7-9-20-50(46)56-52(48)35-42)53-45(39-14-5-2-6-15-39)32-33-49-47-19-8-10-21-51(47)57-54(49)53/h1-35H. The van der Waals surface area contributed by atoms with Gasteiger partial charge in [-0.05, 0) is 87.5 Å². The van der Waals surface area contributed by atoms with Gasteiger partial charge in [0.1, 0.15) is 0 Å². The van der Waals surface area contributed by atoms with Gasteiger partial charge in [0.05, 0.1) is 10.4 Å². The van der Waals surface area contributed by atoms with Gasteiger partial charge in [-0.2, -0.15) is 0 Å². The van der Waals surface area contributed by atoms with Gasteiger partial charge in [-0.15, -0.1) is 22.7 Å². The fourth-order valence-corrected chi connectivity index (χ4v) is 10.7. The molecule has 268 valence electrons. The third kappa shape index (κ3) is 6.00. The maximum atomic E-state index is 2.48. The average molecular weight is 762 g/mol. The first kappa shape index (κ1) is 33.5. The lowest BCUT2D eigenvalue weighted by Gasteiger charge is -2.29. The van der Waals surface area contributed by atoms with Crippen molar-refractivity contribution < 1.29 is 0 Å². The van der Waals surface area contributed by atoms with Crippen molar-refractivity contribution in [1.82, 2.24) is 0 Å². The van der Waals surface area contributed by atoms with Gasteiger partial charge >= 0.3 is 0 Å². The van der Waals surface area contributed by atoms with Gasteiger partial charge in [-0.25, -0.2) is 0 Å². The van der Waals surface area contributed by atoms with Crippen LogP contribution in [-0.2, 0) is 0 Å². The zero-order chi connectivity index (χ0) is 37.7. The van der Waals surface area contributed by atoms with Gasteiger partial charge in [-0.1, -0.05) is 164 Å². The highest BCUT2D eigenvalue weighted by molar-refractivity contribution is 7.26. The summed E-state index contributed by atoms with van der Waals surface area (Å²) in [5.41, 5.74) is 13.1. The number of nitrogens with zero attached hydrogens (tertiary/aromatic N) is 1. The van der Waals surface area contributed by atoms with Crippen molar-refractivity contribution in [3.05, 3.63) is 212 Å². The Bertz CT molecular complexity index is 3210. The molecule has 0 saturated heterocycles. The van der Waals surface area contributed by atoms with Crippen LogP contribution in [0.1, 0.15) is 0 Å². The van der Waals surface area contributed by atoms with Crippen LogP contribution >= 0.6 is 22.7 Å². The SMILES string of the molecule is c1ccc(-c2cccc(-c3ccc(N(c4ccc(-c5ccc6c(c5)sc5ccccc56)cc4)c4c(-c5ccccc5)ccc5c4sc4ccccc45)cc3)c2)cc1. The van der Waals surface area contributed by atoms with Crippen LogP contribution in [0.3, 0.4) is 0 Å². The molecular formula is C54H35NS2. The second-order valence-electron chi connectivity index (χ2n) is 14.5. The van der Waals surface area contributed by atoms with E-state index in [9.17, 15) is 0 Å². The molecule has 2 heterocycles. The molecule has 11 rings (SSSR count). The molecule has 0 bridgehead atoms. The molecule has 57 heavy (non-hydrogen) atoms. The van der Waals surface area contributed by atoms with Crippen LogP contribution in [-0.4, -0.2) is 0 Å². The highest BCUT2D eigenvalue weighted by Crippen LogP contribution is 2.50. The van der Waals surface area contributed by atoms with Gasteiger partial charge in [-0.3, -0.25) is 0 Å². The van der Waals surface area contributed by atoms with Gasteiger partial charge < -0.3 is 4.90 Å². The summed E-state index contributed by atoms with van der Waals surface area (Å²) in [5, 5.41) is 5.22. The zero-order valence-corrected chi connectivity index (χ0v) is 32.6. The van der Waals surface area contributed by atoms with E-state index in [1.54, 1.807) is 0 Å². The molecular weight excluding hydrogens is 727 g/mol. The Morgan fingerprint density at radius 3 is 1.39 bits per heavy atom. The molecule has 0 aliphatic rings. The molecule has 0 atom stereocenters. The Hall–Kier alpha value is -6.78. The molecule has 2 aromatic heterocycles.